The van der Waals surface area contributed by atoms with Gasteiger partial charge in [0.15, 0.2) is 0 Å². The smallest absolute Gasteiger partial charge is 0.416 e. The average Bonchev–Trinajstić information content (AvgIpc) is 3.04. The van der Waals surface area contributed by atoms with Crippen molar-refractivity contribution >= 4 is 17.7 Å². The lowest BCUT2D eigenvalue weighted by Crippen LogP contribution is -2.24. The summed E-state index contributed by atoms with van der Waals surface area (Å²) >= 11 is 1.17. The number of unbranched alkanes of at least 4 members (excludes halogenated alkanes) is 3. The van der Waals surface area contributed by atoms with Gasteiger partial charge in [-0.2, -0.15) is 13.2 Å². The fraction of sp³-hybridized carbons (Fsp3) is 0.708. The van der Waals surface area contributed by atoms with Crippen LogP contribution in [0.2, 0.25) is 0 Å². The molecule has 0 amide bonds. The second-order valence-electron chi connectivity index (χ2n) is 8.79. The molecule has 1 fully saturated rings. The Labute approximate surface area is 197 Å². The molecule has 1 aromatic carbocycles. The van der Waals surface area contributed by atoms with E-state index in [1.54, 1.807) is 6.07 Å². The maximum Gasteiger partial charge on any atom is 0.416 e. The molecule has 5 atom stereocenters. The van der Waals surface area contributed by atoms with Crippen LogP contribution in [0.3, 0.4) is 0 Å². The van der Waals surface area contributed by atoms with Crippen molar-refractivity contribution in [3.63, 3.8) is 0 Å². The Balaban J connectivity index is 1.74. The number of aliphatic hydroxyl groups is 3. The molecule has 188 valence electrons. The molecule has 1 saturated carbocycles. The molecule has 33 heavy (non-hydrogen) atoms. The molecule has 9 heteroatoms. The summed E-state index contributed by atoms with van der Waals surface area (Å²) in [5, 5.41) is 31.1. The van der Waals surface area contributed by atoms with E-state index in [4.69, 9.17) is 0 Å². The third-order valence-electron chi connectivity index (χ3n) is 6.35. The van der Waals surface area contributed by atoms with Crippen LogP contribution >= 0.6 is 11.8 Å². The third kappa shape index (κ3) is 9.47. The van der Waals surface area contributed by atoms with Crippen molar-refractivity contribution in [3.8, 4) is 0 Å². The van der Waals surface area contributed by atoms with Crippen LogP contribution in [-0.2, 0) is 15.7 Å². The van der Waals surface area contributed by atoms with Gasteiger partial charge in [-0.1, -0.05) is 25.3 Å². The number of alkyl halides is 3. The van der Waals surface area contributed by atoms with Crippen molar-refractivity contribution in [3.05, 3.63) is 29.8 Å². The normalized spacial score (nSPS) is 24.1. The van der Waals surface area contributed by atoms with Gasteiger partial charge in [0.25, 0.3) is 0 Å². The molecular weight excluding hydrogens is 457 g/mol. The molecule has 1 aliphatic rings. The van der Waals surface area contributed by atoms with Crippen LogP contribution in [0.5, 0.6) is 0 Å². The summed E-state index contributed by atoms with van der Waals surface area (Å²) in [6.45, 7) is 0. The second-order valence-corrected chi connectivity index (χ2v) is 9.89. The van der Waals surface area contributed by atoms with E-state index >= 15 is 0 Å². The molecule has 2 rings (SSSR count). The van der Waals surface area contributed by atoms with E-state index in [0.717, 1.165) is 44.2 Å². The molecule has 1 aromatic rings. The first-order valence-corrected chi connectivity index (χ1v) is 12.5. The van der Waals surface area contributed by atoms with E-state index in [2.05, 4.69) is 4.74 Å². The number of ether oxygens (including phenoxy) is 1. The van der Waals surface area contributed by atoms with E-state index in [9.17, 15) is 33.3 Å². The first-order valence-electron chi connectivity index (χ1n) is 11.5. The number of hydrogen-bond donors (Lipinski definition) is 3. The SMILES string of the molecule is COC(=O)CCCCCC[C@@H]1[C@@H](CCC(O)CSc2cccc(C(F)(F)F)c2)[C@H](O)C[C@@H]1O. The molecule has 0 aliphatic heterocycles. The van der Waals surface area contributed by atoms with E-state index in [-0.39, 0.29) is 23.6 Å². The third-order valence-corrected chi connectivity index (χ3v) is 7.49. The van der Waals surface area contributed by atoms with Crippen LogP contribution in [0.15, 0.2) is 29.2 Å². The minimum atomic E-state index is -4.40. The van der Waals surface area contributed by atoms with Crippen molar-refractivity contribution in [1.29, 1.82) is 0 Å². The highest BCUT2D eigenvalue weighted by molar-refractivity contribution is 7.99. The highest BCUT2D eigenvalue weighted by Gasteiger charge is 2.40. The van der Waals surface area contributed by atoms with Gasteiger partial charge >= 0.3 is 12.1 Å². The summed E-state index contributed by atoms with van der Waals surface area (Å²) in [5.41, 5.74) is -0.710. The summed E-state index contributed by atoms with van der Waals surface area (Å²) in [4.78, 5) is 11.6. The summed E-state index contributed by atoms with van der Waals surface area (Å²) in [6, 6.07) is 5.04. The molecule has 0 radical (unpaired) electrons. The number of carbonyl (C=O) groups is 1. The molecule has 0 bridgehead atoms. The molecule has 0 aromatic heterocycles. The lowest BCUT2D eigenvalue weighted by molar-refractivity contribution is -0.140. The highest BCUT2D eigenvalue weighted by Crippen LogP contribution is 2.39. The Kier molecular flexibility index (Phi) is 11.5. The lowest BCUT2D eigenvalue weighted by Gasteiger charge is -2.24. The fourth-order valence-corrected chi connectivity index (χ4v) is 5.45. The van der Waals surface area contributed by atoms with E-state index in [0.29, 0.717) is 30.6 Å². The van der Waals surface area contributed by atoms with Gasteiger partial charge in [-0.15, -0.1) is 11.8 Å². The lowest BCUT2D eigenvalue weighted by atomic mass is 9.85. The number of aliphatic hydroxyl groups excluding tert-OH is 3. The van der Waals surface area contributed by atoms with Crippen molar-refractivity contribution in [2.75, 3.05) is 12.9 Å². The topological polar surface area (TPSA) is 87.0 Å². The Hall–Kier alpha value is -1.29. The summed E-state index contributed by atoms with van der Waals surface area (Å²) in [5.74, 6) is -0.0984. The standard InChI is InChI=1S/C24H35F3O5S/c1-32-23(31)10-5-3-2-4-9-19-20(22(30)14-21(19)29)12-11-17(28)15-33-18-8-6-7-16(13-18)24(25,26)27/h6-8,13,17,19-22,28-30H,2-5,9-12,14-15H2,1H3/t17?,19-,20-,21+,22-/m1/s1. The Morgan fingerprint density at radius 1 is 1.12 bits per heavy atom. The zero-order valence-corrected chi connectivity index (χ0v) is 19.8. The minimum absolute atomic E-state index is 0.0380. The van der Waals surface area contributed by atoms with Gasteiger partial charge in [0.05, 0.1) is 31.0 Å². The number of carbonyl (C=O) groups excluding carboxylic acids is 1. The Bertz CT molecular complexity index is 730. The Morgan fingerprint density at radius 3 is 2.45 bits per heavy atom. The summed E-state index contributed by atoms with van der Waals surface area (Å²) < 4.78 is 43.1. The molecule has 0 saturated heterocycles. The second kappa shape index (κ2) is 13.6. The molecule has 0 heterocycles. The fourth-order valence-electron chi connectivity index (χ4n) is 4.51. The van der Waals surface area contributed by atoms with Gasteiger partial charge in [0.1, 0.15) is 0 Å². The van der Waals surface area contributed by atoms with E-state index in [1.807, 2.05) is 0 Å². The van der Waals surface area contributed by atoms with Crippen molar-refractivity contribution in [1.82, 2.24) is 0 Å². The van der Waals surface area contributed by atoms with Gasteiger partial charge in [0.2, 0.25) is 0 Å². The van der Waals surface area contributed by atoms with Gasteiger partial charge in [0, 0.05) is 17.1 Å². The monoisotopic (exact) mass is 492 g/mol. The van der Waals surface area contributed by atoms with Gasteiger partial charge in [-0.25, -0.2) is 0 Å². The first-order chi connectivity index (χ1) is 15.6. The van der Waals surface area contributed by atoms with Crippen molar-refractivity contribution in [2.24, 2.45) is 11.8 Å². The maximum atomic E-state index is 12.8. The molecule has 3 N–H and O–H groups in total. The van der Waals surface area contributed by atoms with Crippen LogP contribution in [0.4, 0.5) is 13.2 Å². The van der Waals surface area contributed by atoms with Crippen LogP contribution in [-0.4, -0.2) is 52.5 Å². The van der Waals surface area contributed by atoms with Crippen LogP contribution in [0.1, 0.15) is 63.4 Å². The van der Waals surface area contributed by atoms with Crippen LogP contribution in [0, 0.1) is 11.8 Å². The van der Waals surface area contributed by atoms with Crippen LogP contribution < -0.4 is 0 Å². The number of methoxy groups -OCH3 is 1. The predicted octanol–water partition coefficient (Wildman–Crippen LogP) is 4.81. The molecule has 1 aliphatic carbocycles. The average molecular weight is 493 g/mol. The molecule has 5 nitrogen and oxygen atoms in total. The largest absolute Gasteiger partial charge is 0.469 e. The van der Waals surface area contributed by atoms with Crippen molar-refractivity contribution < 1.29 is 38.0 Å². The number of halogens is 3. The highest BCUT2D eigenvalue weighted by atomic mass is 32.2. The molecule has 0 spiro atoms. The zero-order chi connectivity index (χ0) is 24.4. The quantitative estimate of drug-likeness (QED) is 0.208. The number of esters is 1. The first kappa shape index (κ1) is 28.0. The number of benzene rings is 1. The minimum Gasteiger partial charge on any atom is -0.469 e. The van der Waals surface area contributed by atoms with Gasteiger partial charge < -0.3 is 20.1 Å². The zero-order valence-electron chi connectivity index (χ0n) is 19.0. The van der Waals surface area contributed by atoms with E-state index in [1.165, 1.54) is 24.9 Å². The molecule has 1 unspecified atom stereocenters. The predicted molar refractivity (Wildman–Crippen MR) is 121 cm³/mol. The maximum absolute atomic E-state index is 12.8. The van der Waals surface area contributed by atoms with E-state index < -0.39 is 30.1 Å². The summed E-state index contributed by atoms with van der Waals surface area (Å²) in [6.07, 6.45) is -0.352. The number of rotatable bonds is 13. The number of thioether (sulfide) groups is 1. The van der Waals surface area contributed by atoms with Gasteiger partial charge in [-0.3, -0.25) is 4.79 Å². The van der Waals surface area contributed by atoms with Crippen molar-refractivity contribution in [2.45, 2.75) is 87.2 Å². The Morgan fingerprint density at radius 2 is 1.79 bits per heavy atom. The van der Waals surface area contributed by atoms with Gasteiger partial charge in [-0.05, 0) is 62.1 Å². The number of hydrogen-bond acceptors (Lipinski definition) is 6. The summed E-state index contributed by atoms with van der Waals surface area (Å²) in [7, 11) is 1.37. The molecular formula is C24H35F3O5S. The van der Waals surface area contributed by atoms with Crippen LogP contribution in [0.25, 0.3) is 0 Å².